The van der Waals surface area contributed by atoms with Gasteiger partial charge in [-0.15, -0.1) is 20.5 Å². The van der Waals surface area contributed by atoms with Gasteiger partial charge in [-0.1, -0.05) is 23.5 Å². The largest absolute Gasteiger partial charge is 2.00 e. The van der Waals surface area contributed by atoms with Crippen molar-refractivity contribution in [2.45, 2.75) is 50.5 Å². The zero-order valence-corrected chi connectivity index (χ0v) is 39.1. The van der Waals surface area contributed by atoms with Crippen molar-refractivity contribution >= 4 is 66.1 Å². The van der Waals surface area contributed by atoms with E-state index in [9.17, 15) is 43.2 Å². The number of aromatic nitrogens is 4. The van der Waals surface area contributed by atoms with Crippen LogP contribution in [-0.4, -0.2) is 73.1 Å². The Labute approximate surface area is 380 Å². The van der Waals surface area contributed by atoms with Crippen molar-refractivity contribution in [1.29, 1.82) is 21.0 Å². The monoisotopic (exact) mass is 994 g/mol. The molecular weight excluding hydrogens is 964 g/mol. The first-order chi connectivity index (χ1) is 30.0. The van der Waals surface area contributed by atoms with Gasteiger partial charge >= 0.3 is 30.5 Å². The van der Waals surface area contributed by atoms with Gasteiger partial charge in [-0.2, -0.15) is 57.4 Å². The topological polar surface area (TPSA) is 283 Å². The summed E-state index contributed by atoms with van der Waals surface area (Å²) < 4.78 is 133. The summed E-state index contributed by atoms with van der Waals surface area (Å²) in [5, 5.41) is 51.7. The number of fused-ring (bicyclic) bond motifs is 2. The second-order valence-electron chi connectivity index (χ2n) is 13.5. The van der Waals surface area contributed by atoms with Crippen molar-refractivity contribution in [3.63, 3.8) is 0 Å². The summed E-state index contributed by atoms with van der Waals surface area (Å²) in [6.45, 7) is 6.20. The van der Waals surface area contributed by atoms with Crippen molar-refractivity contribution in [2.24, 2.45) is 34.6 Å². The molecule has 2 aromatic heterocycles. The Morgan fingerprint density at radius 1 is 0.631 bits per heavy atom. The Morgan fingerprint density at radius 3 is 1.26 bits per heavy atom. The molecule has 0 bridgehead atoms. The smallest absolute Gasteiger partial charge is 0.568 e. The third-order valence-corrected chi connectivity index (χ3v) is 11.7. The molecule has 20 nitrogen and oxygen atoms in total. The van der Waals surface area contributed by atoms with Crippen LogP contribution in [0.25, 0.3) is 9.44 Å². The van der Waals surface area contributed by atoms with E-state index >= 15 is 0 Å². The van der Waals surface area contributed by atoms with E-state index < -0.39 is 42.4 Å². The molecule has 0 amide bonds. The quantitative estimate of drug-likeness (QED) is 0.0822. The number of hydrogen-bond acceptors (Lipinski definition) is 16. The molecule has 6 rings (SSSR count). The fourth-order valence-corrected chi connectivity index (χ4v) is 7.47. The Kier molecular flexibility index (Phi) is 15.7. The molecule has 0 saturated heterocycles. The molecule has 29 heteroatoms. The first-order valence-electron chi connectivity index (χ1n) is 18.5. The van der Waals surface area contributed by atoms with Crippen LogP contribution in [0.1, 0.15) is 60.6 Å². The second kappa shape index (κ2) is 20.0. The van der Waals surface area contributed by atoms with Gasteiger partial charge in [0, 0.05) is 51.6 Å². The summed E-state index contributed by atoms with van der Waals surface area (Å²) in [5.74, 6) is -0.314. The summed E-state index contributed by atoms with van der Waals surface area (Å²) in [6, 6.07) is 12.4. The van der Waals surface area contributed by atoms with Gasteiger partial charge in [-0.05, 0) is 62.8 Å². The zero-order chi connectivity index (χ0) is 47.4. The standard InChI is InChI=1S/2C18H16F3N8O2S.Zn/c2*1-3-29-6-4-5-11-7-12(13(8-15(11)29)27-32(30,31)18(19,20)21)25-26-17-24-14(9-22)16(10-23)28(17)2;/h2*7-8H,3-6H2,1-2H3;/q2*-1;+2. The molecule has 0 spiro atoms. The van der Waals surface area contributed by atoms with Crippen molar-refractivity contribution in [3.05, 3.63) is 67.6 Å². The van der Waals surface area contributed by atoms with Crippen LogP contribution < -0.4 is 9.80 Å². The number of hydrogen-bond donors (Lipinski definition) is 0. The van der Waals surface area contributed by atoms with Crippen LogP contribution in [0.15, 0.2) is 44.7 Å². The number of nitrogens with zero attached hydrogens (tertiary/aromatic N) is 16. The van der Waals surface area contributed by atoms with Gasteiger partial charge in [0.05, 0.1) is 11.4 Å². The molecule has 336 valence electrons. The van der Waals surface area contributed by atoms with Gasteiger partial charge in [0.2, 0.25) is 0 Å². The van der Waals surface area contributed by atoms with E-state index in [2.05, 4.69) is 39.9 Å². The number of benzene rings is 2. The molecule has 4 aromatic rings. The second-order valence-corrected chi connectivity index (χ2v) is 16.7. The Bertz CT molecular complexity index is 2740. The molecular formula is C36H32F6N16O4S2Zn. The average molecular weight is 996 g/mol. The van der Waals surface area contributed by atoms with Gasteiger partial charge in [-0.3, -0.25) is 0 Å². The van der Waals surface area contributed by atoms with Crippen LogP contribution in [-0.2, 0) is 66.5 Å². The number of alkyl halides is 6. The summed E-state index contributed by atoms with van der Waals surface area (Å²) in [6.07, 6.45) is 2.82. The minimum atomic E-state index is -5.83. The van der Waals surface area contributed by atoms with E-state index in [1.54, 1.807) is 24.3 Å². The van der Waals surface area contributed by atoms with Crippen molar-refractivity contribution in [3.8, 4) is 24.3 Å². The molecule has 2 aromatic carbocycles. The van der Waals surface area contributed by atoms with E-state index in [0.29, 0.717) is 50.4 Å². The molecule has 0 saturated carbocycles. The van der Waals surface area contributed by atoms with Crippen molar-refractivity contribution < 1.29 is 62.7 Å². The van der Waals surface area contributed by atoms with Crippen LogP contribution in [0.2, 0.25) is 0 Å². The SMILES string of the molecule is CCN1CCCc2cc(N=Nc3nc(C#N)c(C#N)n3C)c([N-]S(=O)(=O)C(F)(F)F)cc21.CCN1CCCc2cc(N=Nc3nc(C#N)c(C#N)n3C)c([N-]S(=O)(=O)C(F)(F)F)cc21.[Zn+2]. The van der Waals surface area contributed by atoms with Gasteiger partial charge < -0.3 is 28.4 Å². The first-order valence-corrected chi connectivity index (χ1v) is 21.4. The number of nitriles is 4. The number of rotatable bonds is 10. The van der Waals surface area contributed by atoms with Gasteiger partial charge in [0.1, 0.15) is 24.3 Å². The molecule has 0 unspecified atom stereocenters. The Morgan fingerprint density at radius 2 is 0.985 bits per heavy atom. The molecule has 2 aliphatic heterocycles. The van der Waals surface area contributed by atoms with E-state index in [-0.39, 0.29) is 65.5 Å². The molecule has 0 N–H and O–H groups in total. The zero-order valence-electron chi connectivity index (χ0n) is 34.5. The van der Waals surface area contributed by atoms with E-state index in [0.717, 1.165) is 24.0 Å². The van der Waals surface area contributed by atoms with Crippen LogP contribution in [0, 0.1) is 45.3 Å². The van der Waals surface area contributed by atoms with Crippen LogP contribution in [0.5, 0.6) is 0 Å². The third kappa shape index (κ3) is 10.8. The van der Waals surface area contributed by atoms with Crippen LogP contribution >= 0.6 is 0 Å². The number of azo groups is 2. The molecule has 4 heterocycles. The minimum Gasteiger partial charge on any atom is -0.568 e. The predicted octanol–water partition coefficient (Wildman–Crippen LogP) is 8.41. The van der Waals surface area contributed by atoms with Crippen molar-refractivity contribution in [1.82, 2.24) is 19.1 Å². The summed E-state index contributed by atoms with van der Waals surface area (Å²) in [4.78, 5) is 11.5. The first kappa shape index (κ1) is 51.0. The van der Waals surface area contributed by atoms with Crippen LogP contribution in [0.4, 0.5) is 72.4 Å². The maximum atomic E-state index is 12.9. The number of imidazole rings is 2. The van der Waals surface area contributed by atoms with E-state index in [4.69, 9.17) is 21.0 Å². The Balaban J connectivity index is 0.000000280. The van der Waals surface area contributed by atoms with Gasteiger partial charge in [0.25, 0.3) is 11.9 Å². The normalized spacial score (nSPS) is 13.9. The molecule has 65 heavy (non-hydrogen) atoms. The summed E-state index contributed by atoms with van der Waals surface area (Å²) in [7, 11) is -8.84. The average Bonchev–Trinajstić information content (AvgIpc) is 3.73. The Hall–Kier alpha value is -6.68. The van der Waals surface area contributed by atoms with Gasteiger partial charge in [-0.25, -0.2) is 16.8 Å². The maximum Gasteiger partial charge on any atom is 2.00 e. The number of halogens is 6. The van der Waals surface area contributed by atoms with Crippen LogP contribution in [0.3, 0.4) is 0 Å². The molecule has 0 aliphatic carbocycles. The predicted molar refractivity (Wildman–Crippen MR) is 215 cm³/mol. The molecule has 0 atom stereocenters. The summed E-state index contributed by atoms with van der Waals surface area (Å²) in [5.41, 5.74) is -10.5. The van der Waals surface area contributed by atoms with Crippen molar-refractivity contribution in [2.75, 3.05) is 36.0 Å². The van der Waals surface area contributed by atoms with E-state index in [1.165, 1.54) is 47.5 Å². The minimum absolute atomic E-state index is 0. The number of aryl methyl sites for hydroxylation is 2. The third-order valence-electron chi connectivity index (χ3n) is 9.63. The van der Waals surface area contributed by atoms with Gasteiger partial charge in [0.15, 0.2) is 42.8 Å². The molecule has 0 radical (unpaired) electrons. The fourth-order valence-electron chi connectivity index (χ4n) is 6.46. The maximum absolute atomic E-state index is 12.9. The number of anilines is 2. The van der Waals surface area contributed by atoms with E-state index in [1.807, 2.05) is 23.6 Å². The summed E-state index contributed by atoms with van der Waals surface area (Å²) >= 11 is 0. The number of sulfonamides is 2. The molecule has 2 aliphatic rings. The molecule has 0 fully saturated rings. The fraction of sp³-hybridized carbons (Fsp3) is 0.389.